The second-order valence-corrected chi connectivity index (χ2v) is 3.68. The van der Waals surface area contributed by atoms with Gasteiger partial charge in [-0.25, -0.2) is 4.79 Å². The van der Waals surface area contributed by atoms with Gasteiger partial charge in [0.2, 0.25) is 5.88 Å². The van der Waals surface area contributed by atoms with Crippen molar-refractivity contribution in [3.8, 4) is 0 Å². The molecule has 1 heterocycles. The number of carbonyl (C=O) groups excluding carboxylic acids is 1. The van der Waals surface area contributed by atoms with Crippen LogP contribution in [0.4, 0.5) is 10.7 Å². The number of rotatable bonds is 3. The Hall–Kier alpha value is -1.98. The summed E-state index contributed by atoms with van der Waals surface area (Å²) in [6, 6.07) is 2.83. The lowest BCUT2D eigenvalue weighted by Gasteiger charge is -2.05. The molecule has 0 fully saturated rings. The maximum absolute atomic E-state index is 11.3. The number of guanidine groups is 1. The van der Waals surface area contributed by atoms with Crippen LogP contribution < -0.4 is 16.4 Å². The Morgan fingerprint density at radius 2 is 2.38 bits per heavy atom. The number of urea groups is 1. The van der Waals surface area contributed by atoms with E-state index in [0.717, 1.165) is 0 Å². The molecule has 6 heteroatoms. The van der Waals surface area contributed by atoms with E-state index in [4.69, 9.17) is 10.2 Å². The molecule has 1 aromatic heterocycles. The van der Waals surface area contributed by atoms with Crippen molar-refractivity contribution < 1.29 is 9.21 Å². The van der Waals surface area contributed by atoms with E-state index in [0.29, 0.717) is 18.3 Å². The van der Waals surface area contributed by atoms with Crippen molar-refractivity contribution in [1.29, 1.82) is 0 Å². The molecule has 16 heavy (non-hydrogen) atoms. The van der Waals surface area contributed by atoms with Crippen LogP contribution >= 0.6 is 0 Å². The van der Waals surface area contributed by atoms with Crippen LogP contribution in [0.15, 0.2) is 27.8 Å². The van der Waals surface area contributed by atoms with E-state index in [1.54, 1.807) is 12.1 Å². The topological polar surface area (TPSA) is 92.6 Å². The highest BCUT2D eigenvalue weighted by molar-refractivity contribution is 6.01. The molecule has 0 spiro atoms. The summed E-state index contributed by atoms with van der Waals surface area (Å²) < 4.78 is 4.93. The summed E-state index contributed by atoms with van der Waals surface area (Å²) in [4.78, 5) is 15.3. The van der Waals surface area contributed by atoms with Gasteiger partial charge in [0, 0.05) is 12.6 Å². The highest BCUT2D eigenvalue weighted by Gasteiger charge is 2.04. The molecule has 88 valence electrons. The number of aliphatic imine (C=N–C) groups is 1. The maximum atomic E-state index is 11.3. The first-order valence-electron chi connectivity index (χ1n) is 4.99. The second-order valence-electron chi connectivity index (χ2n) is 3.68. The molecule has 0 saturated carbocycles. The lowest BCUT2D eigenvalue weighted by molar-refractivity contribution is 0.255. The van der Waals surface area contributed by atoms with Crippen LogP contribution in [0.5, 0.6) is 0 Å². The number of carbonyl (C=O) groups is 1. The molecule has 0 aliphatic rings. The van der Waals surface area contributed by atoms with Gasteiger partial charge < -0.3 is 10.2 Å². The van der Waals surface area contributed by atoms with Crippen molar-refractivity contribution in [1.82, 2.24) is 5.32 Å². The summed E-state index contributed by atoms with van der Waals surface area (Å²) >= 11 is 0. The predicted molar refractivity (Wildman–Crippen MR) is 62.2 cm³/mol. The van der Waals surface area contributed by atoms with Crippen LogP contribution in [-0.4, -0.2) is 18.5 Å². The van der Waals surface area contributed by atoms with Crippen LogP contribution in [0.1, 0.15) is 13.8 Å². The van der Waals surface area contributed by atoms with Crippen molar-refractivity contribution in [3.63, 3.8) is 0 Å². The lowest BCUT2D eigenvalue weighted by Crippen LogP contribution is -2.39. The fourth-order valence-electron chi connectivity index (χ4n) is 0.930. The fraction of sp³-hybridized carbons (Fsp3) is 0.400. The van der Waals surface area contributed by atoms with Crippen molar-refractivity contribution >= 4 is 17.9 Å². The average molecular weight is 224 g/mol. The van der Waals surface area contributed by atoms with Crippen molar-refractivity contribution in [3.05, 3.63) is 18.4 Å². The zero-order chi connectivity index (χ0) is 12.0. The molecule has 4 N–H and O–H groups in total. The first-order chi connectivity index (χ1) is 7.58. The van der Waals surface area contributed by atoms with E-state index in [1.165, 1.54) is 6.26 Å². The third kappa shape index (κ3) is 4.50. The highest BCUT2D eigenvalue weighted by Crippen LogP contribution is 2.05. The summed E-state index contributed by atoms with van der Waals surface area (Å²) in [5.41, 5.74) is 5.50. The number of anilines is 1. The molecule has 0 bridgehead atoms. The summed E-state index contributed by atoms with van der Waals surface area (Å²) in [6.07, 6.45) is 1.46. The van der Waals surface area contributed by atoms with Gasteiger partial charge in [-0.2, -0.15) is 0 Å². The molecule has 0 saturated heterocycles. The number of nitrogens with one attached hydrogen (secondary N) is 2. The summed E-state index contributed by atoms with van der Waals surface area (Å²) in [7, 11) is 0. The van der Waals surface area contributed by atoms with E-state index in [1.807, 2.05) is 13.8 Å². The Morgan fingerprint density at radius 1 is 1.62 bits per heavy atom. The Bertz CT molecular complexity index is 357. The molecular weight excluding hydrogens is 208 g/mol. The van der Waals surface area contributed by atoms with Gasteiger partial charge in [-0.15, -0.1) is 0 Å². The van der Waals surface area contributed by atoms with Gasteiger partial charge in [0.05, 0.1) is 6.26 Å². The standard InChI is InChI=1S/C10H16N4O2/c1-7(2)6-12-9(11)14-10(15)13-8-4-3-5-16-8/h3-5,7H,6H2,1-2H3,(H4,11,12,13,14,15). The van der Waals surface area contributed by atoms with Crippen LogP contribution in [0.25, 0.3) is 0 Å². The smallest absolute Gasteiger partial charge is 0.328 e. The summed E-state index contributed by atoms with van der Waals surface area (Å²) in [5.74, 6) is 0.848. The quantitative estimate of drug-likeness (QED) is 0.534. The van der Waals surface area contributed by atoms with Crippen LogP contribution in [0.3, 0.4) is 0 Å². The van der Waals surface area contributed by atoms with Gasteiger partial charge in [-0.05, 0) is 12.0 Å². The third-order valence-corrected chi connectivity index (χ3v) is 1.63. The van der Waals surface area contributed by atoms with Gasteiger partial charge in [0.1, 0.15) is 0 Å². The number of nitrogens with two attached hydrogens (primary N) is 1. The number of hydrogen-bond donors (Lipinski definition) is 3. The lowest BCUT2D eigenvalue weighted by atomic mass is 10.2. The normalized spacial score (nSPS) is 11.6. The molecule has 0 unspecified atom stereocenters. The zero-order valence-electron chi connectivity index (χ0n) is 9.36. The molecule has 0 radical (unpaired) electrons. The SMILES string of the molecule is CC(C)CN=C(N)NC(=O)Nc1ccco1. The number of hydrogen-bond acceptors (Lipinski definition) is 3. The maximum Gasteiger partial charge on any atom is 0.328 e. The van der Waals surface area contributed by atoms with Crippen LogP contribution in [0.2, 0.25) is 0 Å². The molecule has 0 aromatic carbocycles. The molecule has 0 atom stereocenters. The number of furan rings is 1. The molecule has 1 rings (SSSR count). The molecule has 6 nitrogen and oxygen atoms in total. The Morgan fingerprint density at radius 3 is 2.94 bits per heavy atom. The molecule has 0 aliphatic heterocycles. The van der Waals surface area contributed by atoms with Gasteiger partial charge in [0.25, 0.3) is 0 Å². The Labute approximate surface area is 93.9 Å². The predicted octanol–water partition coefficient (Wildman–Crippen LogP) is 1.37. The van der Waals surface area contributed by atoms with E-state index < -0.39 is 6.03 Å². The second kappa shape index (κ2) is 5.79. The van der Waals surface area contributed by atoms with Crippen molar-refractivity contribution in [2.75, 3.05) is 11.9 Å². The monoisotopic (exact) mass is 224 g/mol. The van der Waals surface area contributed by atoms with E-state index >= 15 is 0 Å². The van der Waals surface area contributed by atoms with Crippen molar-refractivity contribution in [2.24, 2.45) is 16.6 Å². The number of nitrogens with zero attached hydrogens (tertiary/aromatic N) is 1. The molecular formula is C10H16N4O2. The van der Waals surface area contributed by atoms with Crippen LogP contribution in [0, 0.1) is 5.92 Å². The summed E-state index contributed by atoms with van der Waals surface area (Å²) in [6.45, 7) is 4.60. The minimum absolute atomic E-state index is 0.0951. The third-order valence-electron chi connectivity index (χ3n) is 1.63. The summed E-state index contributed by atoms with van der Waals surface area (Å²) in [5, 5.41) is 4.85. The van der Waals surface area contributed by atoms with Gasteiger partial charge >= 0.3 is 6.03 Å². The Balaban J connectivity index is 2.36. The average Bonchev–Trinajstić information content (AvgIpc) is 2.67. The van der Waals surface area contributed by atoms with Gasteiger partial charge in [-0.1, -0.05) is 13.8 Å². The first kappa shape index (κ1) is 12.1. The van der Waals surface area contributed by atoms with Crippen LogP contribution in [-0.2, 0) is 0 Å². The molecule has 0 aliphatic carbocycles. The fourth-order valence-corrected chi connectivity index (χ4v) is 0.930. The largest absolute Gasteiger partial charge is 0.449 e. The first-order valence-corrected chi connectivity index (χ1v) is 4.99. The molecule has 2 amide bonds. The van der Waals surface area contributed by atoms with Gasteiger partial charge in [-0.3, -0.25) is 15.6 Å². The zero-order valence-corrected chi connectivity index (χ0v) is 9.36. The highest BCUT2D eigenvalue weighted by atomic mass is 16.3. The number of amides is 2. The molecule has 1 aromatic rings. The Kier molecular flexibility index (Phi) is 4.38. The van der Waals surface area contributed by atoms with E-state index in [9.17, 15) is 4.79 Å². The minimum Gasteiger partial charge on any atom is -0.449 e. The van der Waals surface area contributed by atoms with E-state index in [-0.39, 0.29) is 5.96 Å². The minimum atomic E-state index is -0.472. The van der Waals surface area contributed by atoms with Crippen molar-refractivity contribution in [2.45, 2.75) is 13.8 Å². The van der Waals surface area contributed by atoms with E-state index in [2.05, 4.69) is 15.6 Å². The van der Waals surface area contributed by atoms with Gasteiger partial charge in [0.15, 0.2) is 5.96 Å².